The maximum Gasteiger partial charge on any atom is 0.279 e. The first-order valence-electron chi connectivity index (χ1n) is 7.05. The quantitative estimate of drug-likeness (QED) is 0.877. The molecule has 4 heteroatoms. The summed E-state index contributed by atoms with van der Waals surface area (Å²) in [7, 11) is 0. The van der Waals surface area contributed by atoms with Gasteiger partial charge in [0.25, 0.3) is 5.91 Å². The largest absolute Gasteiger partial charge is 0.327 e. The molecule has 104 valence electrons. The summed E-state index contributed by atoms with van der Waals surface area (Å²) in [4.78, 5) is 13.5. The van der Waals surface area contributed by atoms with E-state index in [0.717, 1.165) is 23.2 Å². The average Bonchev–Trinajstić information content (AvgIpc) is 2.62. The number of nitrogens with one attached hydrogen (secondary N) is 2. The number of hydrogen-bond acceptors (Lipinski definition) is 1. The van der Waals surface area contributed by atoms with Crippen molar-refractivity contribution in [2.75, 3.05) is 25.0 Å². The molecule has 3 nitrogen and oxygen atoms in total. The fourth-order valence-corrected chi connectivity index (χ4v) is 2.89. The van der Waals surface area contributed by atoms with Crippen LogP contribution in [-0.4, -0.2) is 25.5 Å². The number of rotatable bonds is 3. The first-order chi connectivity index (χ1) is 9.15. The Morgan fingerprint density at radius 3 is 2.58 bits per heavy atom. The van der Waals surface area contributed by atoms with Crippen LogP contribution in [0, 0.1) is 6.92 Å². The molecule has 1 aromatic carbocycles. The smallest absolute Gasteiger partial charge is 0.279 e. The molecule has 1 heterocycles. The SMILES string of the molecule is Cc1ccc(NC(=O)C[NH+]2CCCCCC2)cc1Br. The molecule has 2 rings (SSSR count). The van der Waals surface area contributed by atoms with Crippen LogP contribution in [0.1, 0.15) is 31.2 Å². The highest BCUT2D eigenvalue weighted by molar-refractivity contribution is 9.10. The molecule has 0 aromatic heterocycles. The van der Waals surface area contributed by atoms with E-state index >= 15 is 0 Å². The van der Waals surface area contributed by atoms with Gasteiger partial charge in [-0.05, 0) is 50.3 Å². The number of anilines is 1. The minimum Gasteiger partial charge on any atom is -0.327 e. The van der Waals surface area contributed by atoms with Crippen LogP contribution in [0.25, 0.3) is 0 Å². The molecule has 0 bridgehead atoms. The van der Waals surface area contributed by atoms with Gasteiger partial charge in [0.1, 0.15) is 0 Å². The van der Waals surface area contributed by atoms with Crippen molar-refractivity contribution in [3.63, 3.8) is 0 Å². The Kier molecular flexibility index (Phi) is 5.40. The predicted molar refractivity (Wildman–Crippen MR) is 81.5 cm³/mol. The molecule has 19 heavy (non-hydrogen) atoms. The third-order valence-corrected chi connectivity index (χ3v) is 4.53. The normalized spacial score (nSPS) is 16.9. The molecule has 0 aliphatic carbocycles. The Morgan fingerprint density at radius 2 is 1.95 bits per heavy atom. The molecule has 1 aliphatic heterocycles. The number of carbonyl (C=O) groups excluding carboxylic acids is 1. The Morgan fingerprint density at radius 1 is 1.26 bits per heavy atom. The lowest BCUT2D eigenvalue weighted by Crippen LogP contribution is -3.12. The third-order valence-electron chi connectivity index (χ3n) is 3.68. The van der Waals surface area contributed by atoms with Crippen LogP contribution in [0.2, 0.25) is 0 Å². The number of carbonyl (C=O) groups is 1. The van der Waals surface area contributed by atoms with E-state index in [1.165, 1.54) is 36.1 Å². The predicted octanol–water partition coefficient (Wildman–Crippen LogP) is 2.15. The molecular weight excluding hydrogens is 304 g/mol. The molecule has 1 amide bonds. The molecule has 1 saturated heterocycles. The number of amides is 1. The van der Waals surface area contributed by atoms with E-state index in [1.807, 2.05) is 25.1 Å². The van der Waals surface area contributed by atoms with E-state index in [4.69, 9.17) is 0 Å². The van der Waals surface area contributed by atoms with Crippen LogP contribution in [0.15, 0.2) is 22.7 Å². The first-order valence-corrected chi connectivity index (χ1v) is 7.84. The summed E-state index contributed by atoms with van der Waals surface area (Å²) in [6.45, 7) is 4.89. The van der Waals surface area contributed by atoms with Crippen molar-refractivity contribution in [2.24, 2.45) is 0 Å². The second-order valence-electron chi connectivity index (χ2n) is 5.35. The van der Waals surface area contributed by atoms with Crippen molar-refractivity contribution in [1.82, 2.24) is 0 Å². The molecule has 1 aliphatic rings. The first kappa shape index (κ1) is 14.5. The number of aryl methyl sites for hydroxylation is 1. The van der Waals surface area contributed by atoms with Crippen LogP contribution in [-0.2, 0) is 4.79 Å². The number of quaternary nitrogens is 1. The summed E-state index contributed by atoms with van der Waals surface area (Å²) in [6.07, 6.45) is 5.13. The molecule has 0 unspecified atom stereocenters. The van der Waals surface area contributed by atoms with Gasteiger partial charge in [-0.3, -0.25) is 4.79 Å². The molecule has 0 radical (unpaired) electrons. The van der Waals surface area contributed by atoms with Gasteiger partial charge in [-0.25, -0.2) is 0 Å². The minimum atomic E-state index is 0.118. The lowest BCUT2D eigenvalue weighted by Gasteiger charge is -2.16. The van der Waals surface area contributed by atoms with Gasteiger partial charge < -0.3 is 10.2 Å². The molecule has 0 spiro atoms. The molecular formula is C15H22BrN2O+. The lowest BCUT2D eigenvalue weighted by molar-refractivity contribution is -0.890. The standard InChI is InChI=1S/C15H21BrN2O/c1-12-6-7-13(10-14(12)16)17-15(19)11-18-8-4-2-3-5-9-18/h6-7,10H,2-5,8-9,11H2,1H3,(H,17,19)/p+1. The Bertz CT molecular complexity index is 440. The highest BCUT2D eigenvalue weighted by Crippen LogP contribution is 2.20. The number of likely N-dealkylation sites (tertiary alicyclic amines) is 1. The van der Waals surface area contributed by atoms with Crippen LogP contribution >= 0.6 is 15.9 Å². The average molecular weight is 326 g/mol. The van der Waals surface area contributed by atoms with E-state index in [2.05, 4.69) is 21.2 Å². The van der Waals surface area contributed by atoms with Crippen molar-refractivity contribution >= 4 is 27.5 Å². The van der Waals surface area contributed by atoms with Gasteiger partial charge in [0.2, 0.25) is 0 Å². The van der Waals surface area contributed by atoms with Crippen molar-refractivity contribution < 1.29 is 9.69 Å². The topological polar surface area (TPSA) is 33.5 Å². The van der Waals surface area contributed by atoms with Gasteiger partial charge in [-0.15, -0.1) is 0 Å². The maximum absolute atomic E-state index is 12.0. The second kappa shape index (κ2) is 7.06. The fourth-order valence-electron chi connectivity index (χ4n) is 2.51. The van der Waals surface area contributed by atoms with Crippen molar-refractivity contribution in [3.05, 3.63) is 28.2 Å². The molecule has 2 N–H and O–H groups in total. The summed E-state index contributed by atoms with van der Waals surface area (Å²) in [6, 6.07) is 5.93. The van der Waals surface area contributed by atoms with Crippen molar-refractivity contribution in [2.45, 2.75) is 32.6 Å². The van der Waals surface area contributed by atoms with Crippen LogP contribution in [0.3, 0.4) is 0 Å². The Labute approximate surface area is 123 Å². The third kappa shape index (κ3) is 4.62. The summed E-state index contributed by atoms with van der Waals surface area (Å²) >= 11 is 3.49. The van der Waals surface area contributed by atoms with Gasteiger partial charge in [0.05, 0.1) is 13.1 Å². The van der Waals surface area contributed by atoms with Crippen molar-refractivity contribution in [3.8, 4) is 0 Å². The zero-order valence-electron chi connectivity index (χ0n) is 11.5. The van der Waals surface area contributed by atoms with Gasteiger partial charge in [-0.2, -0.15) is 0 Å². The van der Waals surface area contributed by atoms with E-state index in [0.29, 0.717) is 6.54 Å². The summed E-state index contributed by atoms with van der Waals surface area (Å²) < 4.78 is 1.03. The van der Waals surface area contributed by atoms with Crippen LogP contribution in [0.4, 0.5) is 5.69 Å². The van der Waals surface area contributed by atoms with E-state index in [-0.39, 0.29) is 5.91 Å². The zero-order valence-corrected chi connectivity index (χ0v) is 13.1. The number of benzene rings is 1. The van der Waals surface area contributed by atoms with Gasteiger partial charge in [0.15, 0.2) is 6.54 Å². The van der Waals surface area contributed by atoms with E-state index in [1.54, 1.807) is 0 Å². The molecule has 1 aromatic rings. The molecule has 0 saturated carbocycles. The maximum atomic E-state index is 12.0. The van der Waals surface area contributed by atoms with Gasteiger partial charge >= 0.3 is 0 Å². The number of halogens is 1. The Hall–Kier alpha value is -0.870. The minimum absolute atomic E-state index is 0.118. The van der Waals surface area contributed by atoms with Gasteiger partial charge in [-0.1, -0.05) is 22.0 Å². The number of hydrogen-bond donors (Lipinski definition) is 2. The summed E-state index contributed by atoms with van der Waals surface area (Å²) in [5, 5.41) is 2.99. The van der Waals surface area contributed by atoms with E-state index in [9.17, 15) is 4.79 Å². The highest BCUT2D eigenvalue weighted by Gasteiger charge is 2.16. The highest BCUT2D eigenvalue weighted by atomic mass is 79.9. The van der Waals surface area contributed by atoms with Gasteiger partial charge in [0, 0.05) is 10.2 Å². The molecule has 0 atom stereocenters. The lowest BCUT2D eigenvalue weighted by atomic mass is 10.2. The van der Waals surface area contributed by atoms with Crippen molar-refractivity contribution in [1.29, 1.82) is 0 Å². The fraction of sp³-hybridized carbons (Fsp3) is 0.533. The summed E-state index contributed by atoms with van der Waals surface area (Å²) in [5.74, 6) is 0.118. The second-order valence-corrected chi connectivity index (χ2v) is 6.21. The Balaban J connectivity index is 1.87. The van der Waals surface area contributed by atoms with E-state index < -0.39 is 0 Å². The van der Waals surface area contributed by atoms with Crippen LogP contribution in [0.5, 0.6) is 0 Å². The summed E-state index contributed by atoms with van der Waals surface area (Å²) in [5.41, 5.74) is 2.05. The zero-order chi connectivity index (χ0) is 13.7. The van der Waals surface area contributed by atoms with Crippen LogP contribution < -0.4 is 10.2 Å². The molecule has 1 fully saturated rings. The monoisotopic (exact) mass is 325 g/mol.